The van der Waals surface area contributed by atoms with Gasteiger partial charge in [0.1, 0.15) is 24.0 Å². The van der Waals surface area contributed by atoms with Gasteiger partial charge >= 0.3 is 0 Å². The van der Waals surface area contributed by atoms with E-state index in [0.717, 1.165) is 54.4 Å². The van der Waals surface area contributed by atoms with Crippen LogP contribution < -0.4 is 15.2 Å². The van der Waals surface area contributed by atoms with E-state index in [1.54, 1.807) is 0 Å². The van der Waals surface area contributed by atoms with E-state index in [1.165, 1.54) is 38.3 Å². The Morgan fingerprint density at radius 1 is 0.971 bits per heavy atom. The maximum atomic E-state index is 6.19. The fraction of sp³-hybridized carbons (Fsp3) is 0.267. The monoisotopic (exact) mass is 462 g/mol. The Balaban J connectivity index is 1.43. The van der Waals surface area contributed by atoms with Gasteiger partial charge in [0.2, 0.25) is 0 Å². The number of nitrogens with zero attached hydrogens (tertiary/aromatic N) is 3. The molecule has 0 saturated carbocycles. The molecule has 0 bridgehead atoms. The number of fused-ring (bicyclic) bond motifs is 3. The van der Waals surface area contributed by atoms with Gasteiger partial charge in [-0.1, -0.05) is 36.8 Å². The third-order valence-electron chi connectivity index (χ3n) is 7.08. The van der Waals surface area contributed by atoms with Crippen LogP contribution in [0.2, 0.25) is 0 Å². The Morgan fingerprint density at radius 2 is 1.83 bits per heavy atom. The Bertz CT molecular complexity index is 1590. The first-order chi connectivity index (χ1) is 17.1. The second-order valence-electron chi connectivity index (χ2n) is 9.50. The molecular weight excluding hydrogens is 432 g/mol. The molecular formula is C30H30N4O. The molecule has 5 nitrogen and oxygen atoms in total. The SMILES string of the molecule is CCc1ccc2c(c1)=C(N1CCOc3ccc(-c4ccc5nc(C)[nH]c5c4)cc3C1)N=CCC=2C. The van der Waals surface area contributed by atoms with Crippen LogP contribution in [0.25, 0.3) is 33.6 Å². The fourth-order valence-electron chi connectivity index (χ4n) is 5.14. The van der Waals surface area contributed by atoms with E-state index >= 15 is 0 Å². The van der Waals surface area contributed by atoms with Gasteiger partial charge in [0, 0.05) is 30.0 Å². The number of aromatic nitrogens is 2. The van der Waals surface area contributed by atoms with Crippen molar-refractivity contribution in [3.63, 3.8) is 0 Å². The Labute approximate surface area is 205 Å². The summed E-state index contributed by atoms with van der Waals surface area (Å²) in [6.45, 7) is 8.60. The Kier molecular flexibility index (Phi) is 5.40. The molecule has 3 aromatic carbocycles. The molecule has 0 fully saturated rings. The fourth-order valence-corrected chi connectivity index (χ4v) is 5.14. The lowest BCUT2D eigenvalue weighted by Gasteiger charge is -2.22. The zero-order chi connectivity index (χ0) is 23.9. The summed E-state index contributed by atoms with van der Waals surface area (Å²) >= 11 is 0. The minimum absolute atomic E-state index is 0.635. The number of aromatic amines is 1. The molecule has 0 amide bonds. The lowest BCUT2D eigenvalue weighted by molar-refractivity contribution is 0.281. The summed E-state index contributed by atoms with van der Waals surface area (Å²) in [7, 11) is 0. The number of imidazole rings is 1. The molecule has 0 unspecified atom stereocenters. The molecule has 0 saturated heterocycles. The van der Waals surface area contributed by atoms with Gasteiger partial charge in [0.25, 0.3) is 0 Å². The second-order valence-corrected chi connectivity index (χ2v) is 9.50. The van der Waals surface area contributed by atoms with Gasteiger partial charge in [-0.15, -0.1) is 0 Å². The van der Waals surface area contributed by atoms with Gasteiger partial charge in [-0.3, -0.25) is 0 Å². The smallest absolute Gasteiger partial charge is 0.136 e. The van der Waals surface area contributed by atoms with Crippen molar-refractivity contribution in [1.82, 2.24) is 14.9 Å². The van der Waals surface area contributed by atoms with E-state index < -0.39 is 0 Å². The van der Waals surface area contributed by atoms with Gasteiger partial charge in [-0.05, 0) is 72.5 Å². The summed E-state index contributed by atoms with van der Waals surface area (Å²) < 4.78 is 6.19. The molecule has 5 heteroatoms. The van der Waals surface area contributed by atoms with Crippen LogP contribution in [0, 0.1) is 6.92 Å². The van der Waals surface area contributed by atoms with Crippen LogP contribution >= 0.6 is 0 Å². The third kappa shape index (κ3) is 4.01. The number of H-pyrrole nitrogens is 1. The van der Waals surface area contributed by atoms with Crippen LogP contribution in [0.3, 0.4) is 0 Å². The predicted octanol–water partition coefficient (Wildman–Crippen LogP) is 4.71. The molecule has 1 aromatic heterocycles. The lowest BCUT2D eigenvalue weighted by Crippen LogP contribution is -2.35. The standard InChI is InChI=1S/C30H30N4O/c1-4-21-5-8-25-19(2)11-12-31-30(26(25)15-21)34-13-14-35-29-10-7-22(16-24(29)18-34)23-6-9-27-28(17-23)33-20(3)32-27/h5-10,12,15-17H,4,11,13-14,18H2,1-3H3,(H,32,33). The van der Waals surface area contributed by atoms with Gasteiger partial charge in [-0.2, -0.15) is 0 Å². The lowest BCUT2D eigenvalue weighted by atomic mass is 10.0. The Hall–Kier alpha value is -3.86. The number of hydrogen-bond acceptors (Lipinski definition) is 4. The first-order valence-electron chi connectivity index (χ1n) is 12.4. The summed E-state index contributed by atoms with van der Waals surface area (Å²) in [5.74, 6) is 2.93. The van der Waals surface area contributed by atoms with Gasteiger partial charge in [0.05, 0.1) is 17.6 Å². The van der Waals surface area contributed by atoms with Gasteiger partial charge < -0.3 is 14.6 Å². The number of aryl methyl sites for hydroxylation is 2. The van der Waals surface area contributed by atoms with E-state index in [9.17, 15) is 0 Å². The quantitative estimate of drug-likeness (QED) is 0.480. The van der Waals surface area contributed by atoms with Crippen molar-refractivity contribution in [2.45, 2.75) is 40.2 Å². The molecule has 1 N–H and O–H groups in total. The molecule has 2 aliphatic heterocycles. The van der Waals surface area contributed by atoms with Crippen molar-refractivity contribution in [2.24, 2.45) is 4.99 Å². The zero-order valence-corrected chi connectivity index (χ0v) is 20.6. The number of nitrogens with one attached hydrogen (secondary N) is 1. The van der Waals surface area contributed by atoms with Crippen molar-refractivity contribution in [2.75, 3.05) is 13.2 Å². The summed E-state index contributed by atoms with van der Waals surface area (Å²) in [6.07, 6.45) is 3.95. The first kappa shape index (κ1) is 21.7. The number of ether oxygens (including phenoxy) is 1. The molecule has 4 aromatic rings. The minimum atomic E-state index is 0.635. The maximum Gasteiger partial charge on any atom is 0.136 e. The predicted molar refractivity (Wildman–Crippen MR) is 143 cm³/mol. The highest BCUT2D eigenvalue weighted by atomic mass is 16.5. The van der Waals surface area contributed by atoms with Crippen LogP contribution in [-0.4, -0.2) is 34.2 Å². The highest BCUT2D eigenvalue weighted by Gasteiger charge is 2.20. The van der Waals surface area contributed by atoms with Crippen molar-refractivity contribution in [3.05, 3.63) is 82.0 Å². The summed E-state index contributed by atoms with van der Waals surface area (Å²) in [5, 5.41) is 2.53. The van der Waals surface area contributed by atoms with E-state index in [0.29, 0.717) is 6.61 Å². The van der Waals surface area contributed by atoms with Crippen molar-refractivity contribution in [3.8, 4) is 16.9 Å². The average Bonchev–Trinajstić information content (AvgIpc) is 3.01. The van der Waals surface area contributed by atoms with E-state index in [-0.39, 0.29) is 0 Å². The number of benzene rings is 3. The van der Waals surface area contributed by atoms with Crippen molar-refractivity contribution in [1.29, 1.82) is 0 Å². The molecule has 0 atom stereocenters. The minimum Gasteiger partial charge on any atom is -0.491 e. The number of hydrogen-bond donors (Lipinski definition) is 1. The average molecular weight is 463 g/mol. The van der Waals surface area contributed by atoms with Crippen LogP contribution in [0.4, 0.5) is 0 Å². The molecule has 0 spiro atoms. The molecule has 176 valence electrons. The van der Waals surface area contributed by atoms with Crippen LogP contribution in [0.15, 0.2) is 59.6 Å². The van der Waals surface area contributed by atoms with Crippen LogP contribution in [-0.2, 0) is 13.0 Å². The second kappa shape index (κ2) is 8.73. The maximum absolute atomic E-state index is 6.19. The topological polar surface area (TPSA) is 53.5 Å². The Morgan fingerprint density at radius 3 is 2.71 bits per heavy atom. The third-order valence-corrected chi connectivity index (χ3v) is 7.08. The highest BCUT2D eigenvalue weighted by Crippen LogP contribution is 2.31. The van der Waals surface area contributed by atoms with Crippen molar-refractivity contribution >= 4 is 28.6 Å². The summed E-state index contributed by atoms with van der Waals surface area (Å²) in [4.78, 5) is 15.2. The highest BCUT2D eigenvalue weighted by molar-refractivity contribution is 5.82. The largest absolute Gasteiger partial charge is 0.491 e. The molecule has 0 aliphatic carbocycles. The number of rotatable bonds is 3. The van der Waals surface area contributed by atoms with Crippen LogP contribution in [0.1, 0.15) is 37.2 Å². The molecule has 35 heavy (non-hydrogen) atoms. The molecule has 6 rings (SSSR count). The first-order valence-corrected chi connectivity index (χ1v) is 12.4. The summed E-state index contributed by atoms with van der Waals surface area (Å²) in [5.41, 5.74) is 8.28. The van der Waals surface area contributed by atoms with Gasteiger partial charge in [-0.25, -0.2) is 9.98 Å². The molecule has 3 heterocycles. The van der Waals surface area contributed by atoms with Crippen LogP contribution in [0.5, 0.6) is 5.75 Å². The summed E-state index contributed by atoms with van der Waals surface area (Å²) in [6, 6.07) is 19.8. The van der Waals surface area contributed by atoms with Crippen molar-refractivity contribution < 1.29 is 4.74 Å². The van der Waals surface area contributed by atoms with E-state index in [1.807, 2.05) is 6.92 Å². The van der Waals surface area contributed by atoms with Gasteiger partial charge in [0.15, 0.2) is 0 Å². The number of aliphatic imine (C=N–C) groups is 1. The van der Waals surface area contributed by atoms with E-state index in [2.05, 4.69) is 89.5 Å². The molecule has 0 radical (unpaired) electrons. The normalized spacial score (nSPS) is 15.5. The zero-order valence-electron chi connectivity index (χ0n) is 20.6. The van der Waals surface area contributed by atoms with E-state index in [4.69, 9.17) is 9.73 Å². The molecule has 2 aliphatic rings.